The second kappa shape index (κ2) is 40.5. The van der Waals surface area contributed by atoms with E-state index in [1.165, 1.54) is 67.8 Å². The van der Waals surface area contributed by atoms with E-state index in [0.717, 1.165) is 17.2 Å². The fourth-order valence-electron chi connectivity index (χ4n) is 11.9. The molecule has 5 aromatic rings. The molecule has 0 aliphatic carbocycles. The number of likely N-dealkylation sites (tertiary alicyclic amines) is 1. The number of nitrogens with one attached hydrogen (secondary N) is 11. The number of guanidine groups is 2. The number of aliphatic imine (C=N–C) groups is 2. The molecule has 0 bridgehead atoms. The van der Waals surface area contributed by atoms with E-state index in [4.69, 9.17) is 17.2 Å². The van der Waals surface area contributed by atoms with Crippen LogP contribution < -0.4 is 75.7 Å². The van der Waals surface area contributed by atoms with Gasteiger partial charge in [-0.1, -0.05) is 80.6 Å². The Morgan fingerprint density at radius 3 is 1.66 bits per heavy atom. The molecular formula is C72H96FN19O12. The lowest BCUT2D eigenvalue weighted by molar-refractivity contribution is -0.142. The predicted octanol–water partition coefficient (Wildman–Crippen LogP) is -1.27. The Bertz CT molecular complexity index is 3830. The number of carbonyl (C=O) groups excluding carboxylic acids is 11. The van der Waals surface area contributed by atoms with E-state index in [1.807, 2.05) is 56.3 Å². The number of hydrogen-bond acceptors (Lipinski definition) is 18. The van der Waals surface area contributed by atoms with E-state index in [2.05, 4.69) is 78.4 Å². The highest BCUT2D eigenvalue weighted by molar-refractivity contribution is 5.99. The van der Waals surface area contributed by atoms with Gasteiger partial charge in [0.25, 0.3) is 0 Å². The van der Waals surface area contributed by atoms with Gasteiger partial charge in [0.2, 0.25) is 65.0 Å². The third-order valence-electron chi connectivity index (χ3n) is 17.4. The van der Waals surface area contributed by atoms with E-state index in [1.54, 1.807) is 24.3 Å². The first kappa shape index (κ1) is 80.1. The highest BCUT2D eigenvalue weighted by Gasteiger charge is 2.40. The zero-order chi connectivity index (χ0) is 75.2. The van der Waals surface area contributed by atoms with E-state index >= 15 is 0 Å². The summed E-state index contributed by atoms with van der Waals surface area (Å²) in [7, 11) is 0. The molecule has 2 aliphatic heterocycles. The zero-order valence-corrected chi connectivity index (χ0v) is 58.8. The van der Waals surface area contributed by atoms with Crippen molar-refractivity contribution in [2.45, 2.75) is 165 Å². The summed E-state index contributed by atoms with van der Waals surface area (Å²) in [6.07, 6.45) is 7.01. The van der Waals surface area contributed by atoms with Gasteiger partial charge in [-0.25, -0.2) is 4.39 Å². The first-order valence-electron chi connectivity index (χ1n) is 34.8. The molecule has 18 N–H and O–H groups in total. The Morgan fingerprint density at radius 1 is 0.587 bits per heavy atom. The van der Waals surface area contributed by atoms with Crippen molar-refractivity contribution < 1.29 is 62.2 Å². The third kappa shape index (κ3) is 25.7. The van der Waals surface area contributed by atoms with Gasteiger partial charge in [0.05, 0.1) is 6.61 Å². The molecule has 558 valence electrons. The summed E-state index contributed by atoms with van der Waals surface area (Å²) in [5.74, 6) is -9.37. The monoisotopic (exact) mass is 1440 g/mol. The highest BCUT2D eigenvalue weighted by Crippen LogP contribution is 2.22. The van der Waals surface area contributed by atoms with Crippen molar-refractivity contribution in [2.75, 3.05) is 39.3 Å². The summed E-state index contributed by atoms with van der Waals surface area (Å²) in [6, 6.07) is 11.0. The molecule has 11 amide bonds. The number of nitrogens with zero attached hydrogens (tertiary/aromatic N) is 5. The average molecular weight is 1440 g/mol. The van der Waals surface area contributed by atoms with E-state index in [9.17, 15) is 62.2 Å². The number of nitrogens with two attached hydrogens (primary N) is 3. The summed E-state index contributed by atoms with van der Waals surface area (Å²) in [4.78, 5) is 174. The maximum atomic E-state index is 14.9. The molecule has 1 fully saturated rings. The number of halogens is 1. The minimum absolute atomic E-state index is 0.00725. The van der Waals surface area contributed by atoms with Gasteiger partial charge >= 0.3 is 0 Å². The molecule has 4 heterocycles. The standard InChI is InChI=1S/C72H96FN19O12/c1-42(2)33-54(63(97)86-53(18-10-29-80-72-81-30-12-31-82-72)70(104)92-32-11-19-60(92)69(103)83-43(3)61(74)95)87-66(100)57(37-47-13-7-26-77-39-47)88-62(96)52(17-9-28-79-71(75)76)85-68(102)59(41-93)91-67(101)58(38-48-14-8-27-78-40-48)90-65(99)56(35-45-21-24-51(73)25-22-45)89-64(98)55(84-44(4)94)36-46-20-23-49-15-5-6-16-50(49)34-46/h5-8,13-16,20-27,34,39-40,42-43,52-60,93H,9-12,17-19,28-33,35-38,41H2,1-4H3,(H2,74,95)(H,83,103)(H,84,94)(H,85,102)(H,86,97)(H,87,100)(H,88,96)(H,89,98)(H,90,99)(H,91,101)(H4,75,76,79)(H2,80,81,82)/t43-,52+,53+,54+,55-,56-,57-,58-,59+,60+/m1/s1. The number of aliphatic hydroxyl groups excluding tert-OH is 1. The van der Waals surface area contributed by atoms with Gasteiger partial charge in [-0.05, 0) is 121 Å². The number of carbonyl (C=O) groups is 11. The molecule has 0 saturated carbocycles. The molecule has 31 nitrogen and oxygen atoms in total. The lowest BCUT2D eigenvalue weighted by atomic mass is 9.99. The van der Waals surface area contributed by atoms with Crippen LogP contribution in [-0.4, -0.2) is 197 Å². The quantitative estimate of drug-likeness (QED) is 0.0124. The van der Waals surface area contributed by atoms with Crippen LogP contribution in [0.2, 0.25) is 0 Å². The second-order valence-corrected chi connectivity index (χ2v) is 26.2. The normalized spacial score (nSPS) is 15.9. The minimum Gasteiger partial charge on any atom is -0.394 e. The van der Waals surface area contributed by atoms with Gasteiger partial charge in [0, 0.05) is 90.1 Å². The Hall–Kier alpha value is -11.2. The fourth-order valence-corrected chi connectivity index (χ4v) is 11.9. The van der Waals surface area contributed by atoms with Crippen molar-refractivity contribution >= 4 is 87.7 Å². The molecule has 2 aliphatic rings. The zero-order valence-electron chi connectivity index (χ0n) is 58.8. The highest BCUT2D eigenvalue weighted by atomic mass is 19.1. The molecule has 2 aromatic heterocycles. The maximum Gasteiger partial charge on any atom is 0.245 e. The number of primary amides is 1. The molecule has 104 heavy (non-hydrogen) atoms. The minimum atomic E-state index is -1.83. The van der Waals surface area contributed by atoms with Crippen molar-refractivity contribution in [3.05, 3.63) is 144 Å². The van der Waals surface area contributed by atoms with Crippen LogP contribution >= 0.6 is 0 Å². The Morgan fingerprint density at radius 2 is 1.11 bits per heavy atom. The Balaban J connectivity index is 1.11. The lowest BCUT2D eigenvalue weighted by Gasteiger charge is -2.31. The van der Waals surface area contributed by atoms with Crippen molar-refractivity contribution in [1.82, 2.24) is 73.4 Å². The van der Waals surface area contributed by atoms with Crippen molar-refractivity contribution in [3.63, 3.8) is 0 Å². The Kier molecular flexibility index (Phi) is 31.2. The molecule has 10 atom stereocenters. The van der Waals surface area contributed by atoms with Crippen molar-refractivity contribution in [2.24, 2.45) is 33.1 Å². The van der Waals surface area contributed by atoms with Crippen LogP contribution in [0.1, 0.15) is 101 Å². The molecule has 1 saturated heterocycles. The van der Waals surface area contributed by atoms with Crippen LogP contribution in [-0.2, 0) is 78.4 Å². The molecule has 3 aromatic carbocycles. The van der Waals surface area contributed by atoms with Crippen molar-refractivity contribution in [3.8, 4) is 0 Å². The van der Waals surface area contributed by atoms with Crippen LogP contribution in [0.25, 0.3) is 10.8 Å². The van der Waals surface area contributed by atoms with Gasteiger partial charge < -0.3 is 85.7 Å². The number of amides is 11. The summed E-state index contributed by atoms with van der Waals surface area (Å²) in [5, 5.41) is 43.2. The average Bonchev–Trinajstić information content (AvgIpc) is 1.42. The van der Waals surface area contributed by atoms with Crippen LogP contribution in [0.4, 0.5) is 4.39 Å². The molecule has 7 rings (SSSR count). The summed E-state index contributed by atoms with van der Waals surface area (Å²) in [5.41, 5.74) is 18.7. The smallest absolute Gasteiger partial charge is 0.245 e. The summed E-state index contributed by atoms with van der Waals surface area (Å²) >= 11 is 0. The molecule has 0 unspecified atom stereocenters. The van der Waals surface area contributed by atoms with Crippen LogP contribution in [0.15, 0.2) is 126 Å². The number of hydrogen-bond donors (Lipinski definition) is 15. The molecule has 0 radical (unpaired) electrons. The predicted molar refractivity (Wildman–Crippen MR) is 385 cm³/mol. The number of rotatable bonds is 38. The maximum absolute atomic E-state index is 14.9. The van der Waals surface area contributed by atoms with Crippen molar-refractivity contribution in [1.29, 1.82) is 0 Å². The van der Waals surface area contributed by atoms with E-state index < -0.39 is 138 Å². The number of pyridine rings is 2. The molecular weight excluding hydrogens is 1340 g/mol. The Labute approximate surface area is 602 Å². The molecule has 0 spiro atoms. The lowest BCUT2D eigenvalue weighted by Crippen LogP contribution is -2.61. The number of aromatic nitrogens is 2. The van der Waals surface area contributed by atoms with Crippen LogP contribution in [0.3, 0.4) is 0 Å². The van der Waals surface area contributed by atoms with Gasteiger partial charge in [-0.2, -0.15) is 0 Å². The van der Waals surface area contributed by atoms with Gasteiger partial charge in [0.1, 0.15) is 66.2 Å². The van der Waals surface area contributed by atoms with E-state index in [-0.39, 0.29) is 82.8 Å². The second-order valence-electron chi connectivity index (χ2n) is 26.2. The number of benzene rings is 3. The van der Waals surface area contributed by atoms with Gasteiger partial charge in [0.15, 0.2) is 11.9 Å². The van der Waals surface area contributed by atoms with Gasteiger partial charge in [-0.3, -0.25) is 72.7 Å². The summed E-state index contributed by atoms with van der Waals surface area (Å²) < 4.78 is 14.3. The SMILES string of the molecule is CC(=O)N[C@H](Cc1ccc2ccccc2c1)C(=O)N[C@H](Cc1ccc(F)cc1)C(=O)N[C@H](Cc1cccnc1)C(=O)N[C@@H](CO)C(=O)N[C@@H](CCCN=C(N)N)C(=O)N[C@H](Cc1cccnc1)C(=O)N[C@@H](CC(C)C)C(=O)N[C@@H](CCCNC1=NCCCN1)C(=O)N1CCC[C@H]1C(=O)N[C@H](C)C(N)=O. The first-order valence-corrected chi connectivity index (χ1v) is 34.8. The summed E-state index contributed by atoms with van der Waals surface area (Å²) in [6.45, 7) is 7.02. The first-order chi connectivity index (χ1) is 49.8. The topological polar surface area (TPSA) is 472 Å². The van der Waals surface area contributed by atoms with Gasteiger partial charge in [-0.15, -0.1) is 0 Å². The van der Waals surface area contributed by atoms with Crippen LogP contribution in [0.5, 0.6) is 0 Å². The van der Waals surface area contributed by atoms with Crippen LogP contribution in [0, 0.1) is 11.7 Å². The number of fused-ring (bicyclic) bond motifs is 1. The fraction of sp³-hybridized carbons (Fsp3) is 0.458. The number of aliphatic hydroxyl groups is 1. The molecule has 32 heteroatoms. The third-order valence-corrected chi connectivity index (χ3v) is 17.4. The largest absolute Gasteiger partial charge is 0.394 e. The van der Waals surface area contributed by atoms with E-state index in [0.29, 0.717) is 60.7 Å².